The molecule has 0 fully saturated rings. The zero-order chi connectivity index (χ0) is 9.42. The van der Waals surface area contributed by atoms with Crippen LogP contribution in [0, 0.1) is 10.5 Å². The van der Waals surface area contributed by atoms with E-state index in [0.29, 0.717) is 0 Å². The molecule has 1 aromatic heterocycles. The number of hydrogen-bond acceptors (Lipinski definition) is 1. The van der Waals surface area contributed by atoms with Crippen molar-refractivity contribution in [2.45, 2.75) is 12.3 Å². The van der Waals surface area contributed by atoms with Gasteiger partial charge in [-0.05, 0) is 52.6 Å². The van der Waals surface area contributed by atoms with E-state index >= 15 is 0 Å². The molecule has 0 spiro atoms. The summed E-state index contributed by atoms with van der Waals surface area (Å²) in [6, 6.07) is 6.65. The van der Waals surface area contributed by atoms with E-state index in [1.54, 1.807) is 0 Å². The van der Waals surface area contributed by atoms with E-state index in [9.17, 15) is 0 Å². The van der Waals surface area contributed by atoms with Gasteiger partial charge in [-0.25, -0.2) is 0 Å². The standard InChI is InChI=1S/C10H8BrIS/c1-6-9(12)3-2-7-4-8(5-11)13-10(6)7/h2-4H,5H2,1H3. The van der Waals surface area contributed by atoms with Crippen molar-refractivity contribution in [1.82, 2.24) is 0 Å². The van der Waals surface area contributed by atoms with E-state index < -0.39 is 0 Å². The first-order chi connectivity index (χ1) is 6.22. The first-order valence-corrected chi connectivity index (χ1v) is 6.97. The Morgan fingerprint density at radius 1 is 1.46 bits per heavy atom. The molecule has 0 saturated carbocycles. The van der Waals surface area contributed by atoms with Crippen LogP contribution in [0.25, 0.3) is 10.1 Å². The van der Waals surface area contributed by atoms with Gasteiger partial charge in [-0.3, -0.25) is 0 Å². The minimum atomic E-state index is 0.961. The van der Waals surface area contributed by atoms with Gasteiger partial charge in [0.25, 0.3) is 0 Å². The lowest BCUT2D eigenvalue weighted by atomic mass is 10.2. The summed E-state index contributed by atoms with van der Waals surface area (Å²) in [6.07, 6.45) is 0. The monoisotopic (exact) mass is 366 g/mol. The van der Waals surface area contributed by atoms with Crippen LogP contribution in [0.5, 0.6) is 0 Å². The maximum atomic E-state index is 3.49. The molecule has 0 unspecified atom stereocenters. The topological polar surface area (TPSA) is 0 Å². The number of alkyl halides is 1. The van der Waals surface area contributed by atoms with Crippen LogP contribution in [0.1, 0.15) is 10.4 Å². The third kappa shape index (κ3) is 1.78. The highest BCUT2D eigenvalue weighted by atomic mass is 127. The summed E-state index contributed by atoms with van der Waals surface area (Å²) in [7, 11) is 0. The molecule has 13 heavy (non-hydrogen) atoms. The summed E-state index contributed by atoms with van der Waals surface area (Å²) in [5, 5.41) is 2.33. The van der Waals surface area contributed by atoms with Gasteiger partial charge in [0.2, 0.25) is 0 Å². The van der Waals surface area contributed by atoms with Gasteiger partial charge < -0.3 is 0 Å². The molecule has 0 aliphatic heterocycles. The Balaban J connectivity index is 2.76. The molecule has 68 valence electrons. The number of fused-ring (bicyclic) bond motifs is 1. The van der Waals surface area contributed by atoms with Crippen LogP contribution in [-0.4, -0.2) is 0 Å². The number of thiophene rings is 1. The average Bonchev–Trinajstić information content (AvgIpc) is 2.55. The first-order valence-electron chi connectivity index (χ1n) is 3.96. The minimum absolute atomic E-state index is 0.961. The van der Waals surface area contributed by atoms with Crippen molar-refractivity contribution in [3.05, 3.63) is 32.2 Å². The molecular formula is C10H8BrIS. The molecule has 0 saturated heterocycles. The third-order valence-corrected chi connectivity index (χ3v) is 5.47. The predicted molar refractivity (Wildman–Crippen MR) is 71.9 cm³/mol. The summed E-state index contributed by atoms with van der Waals surface area (Å²) in [5.74, 6) is 0. The van der Waals surface area contributed by atoms with Crippen LogP contribution in [-0.2, 0) is 5.33 Å². The number of hydrogen-bond donors (Lipinski definition) is 0. The molecule has 0 atom stereocenters. The molecule has 0 bridgehead atoms. The molecule has 0 aliphatic carbocycles. The van der Waals surface area contributed by atoms with E-state index in [1.165, 1.54) is 24.1 Å². The Hall–Kier alpha value is 0.390. The summed E-state index contributed by atoms with van der Waals surface area (Å²) in [4.78, 5) is 1.40. The van der Waals surface area contributed by atoms with Gasteiger partial charge in [0.1, 0.15) is 0 Å². The molecule has 0 amide bonds. The fourth-order valence-corrected chi connectivity index (χ4v) is 3.49. The van der Waals surface area contributed by atoms with Crippen LogP contribution in [0.3, 0.4) is 0 Å². The van der Waals surface area contributed by atoms with Gasteiger partial charge in [-0.2, -0.15) is 0 Å². The zero-order valence-electron chi connectivity index (χ0n) is 7.10. The second-order valence-electron chi connectivity index (χ2n) is 2.94. The molecular weight excluding hydrogens is 359 g/mol. The third-order valence-electron chi connectivity index (χ3n) is 2.05. The summed E-state index contributed by atoms with van der Waals surface area (Å²) in [5.41, 5.74) is 1.41. The summed E-state index contributed by atoms with van der Waals surface area (Å²) >= 11 is 7.76. The van der Waals surface area contributed by atoms with Gasteiger partial charge in [0.15, 0.2) is 0 Å². The van der Waals surface area contributed by atoms with E-state index in [1.807, 2.05) is 11.3 Å². The van der Waals surface area contributed by atoms with Crippen LogP contribution in [0.15, 0.2) is 18.2 Å². The number of benzene rings is 1. The van der Waals surface area contributed by atoms with Crippen LogP contribution in [0.4, 0.5) is 0 Å². The Bertz CT molecular complexity index is 447. The van der Waals surface area contributed by atoms with Gasteiger partial charge in [-0.15, -0.1) is 11.3 Å². The molecule has 1 aromatic carbocycles. The van der Waals surface area contributed by atoms with Crippen molar-refractivity contribution in [3.63, 3.8) is 0 Å². The maximum absolute atomic E-state index is 3.49. The maximum Gasteiger partial charge on any atom is 0.0385 e. The highest BCUT2D eigenvalue weighted by Gasteiger charge is 2.05. The van der Waals surface area contributed by atoms with E-state index in [4.69, 9.17) is 0 Å². The smallest absolute Gasteiger partial charge is 0.0385 e. The quantitative estimate of drug-likeness (QED) is 0.506. The van der Waals surface area contributed by atoms with Crippen molar-refractivity contribution >= 4 is 59.9 Å². The molecule has 2 rings (SSSR count). The van der Waals surface area contributed by atoms with E-state index in [-0.39, 0.29) is 0 Å². The Morgan fingerprint density at radius 3 is 2.92 bits per heavy atom. The first kappa shape index (κ1) is 9.93. The zero-order valence-corrected chi connectivity index (χ0v) is 11.7. The van der Waals surface area contributed by atoms with Crippen molar-refractivity contribution in [1.29, 1.82) is 0 Å². The molecule has 0 nitrogen and oxygen atoms in total. The molecule has 0 N–H and O–H groups in total. The Labute approximate surface area is 104 Å². The lowest BCUT2D eigenvalue weighted by Gasteiger charge is -1.97. The van der Waals surface area contributed by atoms with Crippen molar-refractivity contribution < 1.29 is 0 Å². The van der Waals surface area contributed by atoms with Crippen molar-refractivity contribution in [3.8, 4) is 0 Å². The highest BCUT2D eigenvalue weighted by molar-refractivity contribution is 14.1. The second-order valence-corrected chi connectivity index (χ2v) is 5.80. The van der Waals surface area contributed by atoms with Gasteiger partial charge >= 0.3 is 0 Å². The Morgan fingerprint density at radius 2 is 2.23 bits per heavy atom. The predicted octanol–water partition coefficient (Wildman–Crippen LogP) is 4.71. The number of aryl methyl sites for hydroxylation is 1. The summed E-state index contributed by atoms with van der Waals surface area (Å²) in [6.45, 7) is 2.19. The van der Waals surface area contributed by atoms with E-state index in [0.717, 1.165) is 5.33 Å². The molecule has 0 aliphatic rings. The van der Waals surface area contributed by atoms with Crippen molar-refractivity contribution in [2.24, 2.45) is 0 Å². The largest absolute Gasteiger partial charge is 0.139 e. The SMILES string of the molecule is Cc1c(I)ccc2cc(CBr)sc12. The van der Waals surface area contributed by atoms with Crippen LogP contribution >= 0.6 is 49.9 Å². The molecule has 0 radical (unpaired) electrons. The second kappa shape index (κ2) is 3.87. The molecule has 2 aromatic rings. The average molecular weight is 367 g/mol. The van der Waals surface area contributed by atoms with Crippen molar-refractivity contribution in [2.75, 3.05) is 0 Å². The lowest BCUT2D eigenvalue weighted by molar-refractivity contribution is 1.51. The van der Waals surface area contributed by atoms with Crippen LogP contribution in [0.2, 0.25) is 0 Å². The van der Waals surface area contributed by atoms with Crippen LogP contribution < -0.4 is 0 Å². The Kier molecular flexibility index (Phi) is 2.95. The summed E-state index contributed by atoms with van der Waals surface area (Å²) < 4.78 is 2.79. The van der Waals surface area contributed by atoms with Gasteiger partial charge in [0.05, 0.1) is 0 Å². The van der Waals surface area contributed by atoms with Gasteiger partial charge in [0, 0.05) is 18.5 Å². The van der Waals surface area contributed by atoms with E-state index in [2.05, 4.69) is 63.6 Å². The minimum Gasteiger partial charge on any atom is -0.139 e. The number of rotatable bonds is 1. The normalized spacial score (nSPS) is 11.0. The fourth-order valence-electron chi connectivity index (χ4n) is 1.34. The number of halogens is 2. The molecule has 1 heterocycles. The van der Waals surface area contributed by atoms with Gasteiger partial charge in [-0.1, -0.05) is 22.0 Å². The highest BCUT2D eigenvalue weighted by Crippen LogP contribution is 2.31. The lowest BCUT2D eigenvalue weighted by Crippen LogP contribution is -1.77. The fraction of sp³-hybridized carbons (Fsp3) is 0.200. The molecule has 3 heteroatoms.